The molecule has 1 aliphatic heterocycles. The summed E-state index contributed by atoms with van der Waals surface area (Å²) < 4.78 is 117. The molecule has 1 rings (SSSR count). The lowest BCUT2D eigenvalue weighted by molar-refractivity contribution is -0.0483. The van der Waals surface area contributed by atoms with Crippen LogP contribution >= 0.6 is 0 Å². The van der Waals surface area contributed by atoms with Gasteiger partial charge in [-0.1, -0.05) is 0 Å². The van der Waals surface area contributed by atoms with Crippen molar-refractivity contribution >= 4 is 19.7 Å². The van der Waals surface area contributed by atoms with Gasteiger partial charge in [-0.15, -0.1) is 0 Å². The monoisotopic (exact) mass is 392 g/mol. The van der Waals surface area contributed by atoms with E-state index in [-0.39, 0.29) is 0 Å². The number of hydrogen-bond acceptors (Lipinski definition) is 7. The Morgan fingerprint density at radius 3 is 1.87 bits per heavy atom. The molecule has 0 aromatic carbocycles. The summed E-state index contributed by atoms with van der Waals surface area (Å²) in [5.74, 6) is -1.49. The van der Waals surface area contributed by atoms with Crippen LogP contribution in [0.3, 0.4) is 0 Å². The van der Waals surface area contributed by atoms with E-state index in [1.54, 1.807) is 0 Å². The van der Waals surface area contributed by atoms with E-state index in [0.717, 1.165) is 17.3 Å². The zero-order chi connectivity index (χ0) is 18.3. The second-order valence-corrected chi connectivity index (χ2v) is 8.48. The smallest absolute Gasteiger partial charge is 0.375 e. The van der Waals surface area contributed by atoms with Crippen LogP contribution in [-0.2, 0) is 19.7 Å². The van der Waals surface area contributed by atoms with E-state index in [1.807, 2.05) is 0 Å². The maximum Gasteiger partial charge on any atom is 0.500 e. The van der Waals surface area contributed by atoms with E-state index in [9.17, 15) is 43.2 Å². The molecule has 0 saturated carbocycles. The second-order valence-electron chi connectivity index (χ2n) is 4.43. The number of halogens is 6. The molecule has 0 radical (unpaired) electrons. The van der Waals surface area contributed by atoms with Crippen molar-refractivity contribution in [1.29, 1.82) is 0 Å². The Labute approximate surface area is 126 Å². The van der Waals surface area contributed by atoms with Crippen LogP contribution in [0.1, 0.15) is 0 Å². The molecule has 136 valence electrons. The Bertz CT molecular complexity index is 668. The number of hydrogen-bond donors (Lipinski definition) is 1. The zero-order valence-corrected chi connectivity index (χ0v) is 12.5. The van der Waals surface area contributed by atoms with E-state index in [2.05, 4.69) is 0 Å². The van der Waals surface area contributed by atoms with Crippen LogP contribution in [0.25, 0.3) is 0 Å². The second kappa shape index (κ2) is 6.01. The molecule has 1 aliphatic rings. The lowest BCUT2D eigenvalue weighted by atomic mass is 10.6. The summed E-state index contributed by atoms with van der Waals surface area (Å²) in [5.41, 5.74) is -14.1. The van der Waals surface area contributed by atoms with E-state index < -0.39 is 55.2 Å². The van der Waals surface area contributed by atoms with E-state index >= 15 is 0 Å². The van der Waals surface area contributed by atoms with Crippen molar-refractivity contribution in [3.05, 3.63) is 12.4 Å². The molecule has 7 nitrogen and oxygen atoms in total. The van der Waals surface area contributed by atoms with Gasteiger partial charge in [-0.25, -0.2) is 16.8 Å². The van der Waals surface area contributed by atoms with Gasteiger partial charge in [0.05, 0.1) is 13.2 Å². The summed E-state index contributed by atoms with van der Waals surface area (Å²) in [4.78, 5) is 1.30. The molecule has 1 heterocycles. The van der Waals surface area contributed by atoms with Crippen LogP contribution < -0.4 is 0 Å². The molecule has 0 aromatic rings. The third-order valence-electron chi connectivity index (χ3n) is 2.61. The Kier molecular flexibility index (Phi) is 5.18. The zero-order valence-electron chi connectivity index (χ0n) is 10.9. The molecule has 1 atom stereocenters. The van der Waals surface area contributed by atoms with Crippen molar-refractivity contribution in [2.45, 2.75) is 16.5 Å². The van der Waals surface area contributed by atoms with Gasteiger partial charge in [-0.3, -0.25) is 0 Å². The molecular weight excluding hydrogens is 382 g/mol. The maximum atomic E-state index is 12.2. The van der Waals surface area contributed by atoms with Crippen LogP contribution in [0.5, 0.6) is 0 Å². The van der Waals surface area contributed by atoms with Crippen molar-refractivity contribution in [2.24, 2.45) is 0 Å². The fraction of sp³-hybridized carbons (Fsp3) is 0.750. The fourth-order valence-electron chi connectivity index (χ4n) is 1.46. The minimum atomic E-state index is -5.88. The third kappa shape index (κ3) is 4.41. The number of rotatable bonds is 5. The normalized spacial score (nSPS) is 18.6. The van der Waals surface area contributed by atoms with Gasteiger partial charge in [0.1, 0.15) is 5.88 Å². The number of aliphatic hydroxyl groups excluding tert-OH is 1. The highest BCUT2D eigenvalue weighted by Gasteiger charge is 2.51. The summed E-state index contributed by atoms with van der Waals surface area (Å²) >= 11 is 0. The van der Waals surface area contributed by atoms with Gasteiger partial charge in [0, 0.05) is 12.4 Å². The van der Waals surface area contributed by atoms with Crippen LogP contribution in [0.15, 0.2) is 12.4 Å². The molecule has 0 bridgehead atoms. The van der Waals surface area contributed by atoms with Gasteiger partial charge in [0.15, 0.2) is 5.44 Å². The van der Waals surface area contributed by atoms with Gasteiger partial charge in [-0.05, 0) is 0 Å². The predicted molar refractivity (Wildman–Crippen MR) is 63.4 cm³/mol. The highest BCUT2D eigenvalue weighted by molar-refractivity contribution is 7.92. The Morgan fingerprint density at radius 2 is 1.43 bits per heavy atom. The molecule has 23 heavy (non-hydrogen) atoms. The molecule has 0 aromatic heterocycles. The standard InChI is InChI=1S/C8H10F6N2O5S2/c9-7(10,11)22(18,19)5-16-2-1-15(4-16)3-6(17)23(20,21)8(12,13)14/h1-2,6,17H,3-5H2. The molecule has 1 N–H and O–H groups in total. The van der Waals surface area contributed by atoms with Crippen LogP contribution in [0.2, 0.25) is 0 Å². The maximum absolute atomic E-state index is 12.2. The van der Waals surface area contributed by atoms with Gasteiger partial charge in [0.2, 0.25) is 0 Å². The minimum Gasteiger partial charge on any atom is -0.375 e. The highest BCUT2D eigenvalue weighted by Crippen LogP contribution is 2.28. The van der Waals surface area contributed by atoms with E-state index in [0.29, 0.717) is 4.90 Å². The van der Waals surface area contributed by atoms with Gasteiger partial charge in [-0.2, -0.15) is 26.3 Å². The number of nitrogens with zero attached hydrogens (tertiary/aromatic N) is 2. The Balaban J connectivity index is 2.69. The summed E-state index contributed by atoms with van der Waals surface area (Å²) in [6.07, 6.45) is 1.68. The first-order valence-electron chi connectivity index (χ1n) is 5.51. The summed E-state index contributed by atoms with van der Waals surface area (Å²) in [5, 5.41) is 9.12. The predicted octanol–water partition coefficient (Wildman–Crippen LogP) is 0.178. The van der Waals surface area contributed by atoms with Crippen LogP contribution in [0.4, 0.5) is 26.3 Å². The van der Waals surface area contributed by atoms with Gasteiger partial charge < -0.3 is 14.9 Å². The SMILES string of the molecule is O=S(=O)(CN1C=CN(CC(O)S(=O)(=O)C(F)(F)F)C1)C(F)(F)F. The van der Waals surface area contributed by atoms with Crippen molar-refractivity contribution < 1.29 is 48.3 Å². The number of sulfone groups is 2. The van der Waals surface area contributed by atoms with Crippen molar-refractivity contribution in [1.82, 2.24) is 9.80 Å². The molecule has 0 aliphatic carbocycles. The summed E-state index contributed by atoms with van der Waals surface area (Å²) in [7, 11) is -11.4. The topological polar surface area (TPSA) is 95.0 Å². The first-order chi connectivity index (χ1) is 10.1. The van der Waals surface area contributed by atoms with Gasteiger partial charge in [0.25, 0.3) is 19.7 Å². The molecule has 0 saturated heterocycles. The van der Waals surface area contributed by atoms with E-state index in [1.165, 1.54) is 0 Å². The molecular formula is C8H10F6N2O5S2. The first-order valence-corrected chi connectivity index (χ1v) is 8.71. The van der Waals surface area contributed by atoms with Crippen LogP contribution in [0, 0.1) is 0 Å². The Hall–Kier alpha value is -1.22. The molecule has 0 amide bonds. The minimum absolute atomic E-state index is 0.579. The lowest BCUT2D eigenvalue weighted by Gasteiger charge is -2.24. The largest absolute Gasteiger partial charge is 0.500 e. The average Bonchev–Trinajstić information content (AvgIpc) is 2.72. The average molecular weight is 392 g/mol. The number of alkyl halides is 6. The summed E-state index contributed by atoms with van der Waals surface area (Å²) in [6, 6.07) is 0. The molecule has 1 unspecified atom stereocenters. The van der Waals surface area contributed by atoms with Gasteiger partial charge >= 0.3 is 11.0 Å². The summed E-state index contributed by atoms with van der Waals surface area (Å²) in [6.45, 7) is -1.74. The van der Waals surface area contributed by atoms with E-state index in [4.69, 9.17) is 5.11 Å². The van der Waals surface area contributed by atoms with Crippen LogP contribution in [-0.4, -0.2) is 67.3 Å². The molecule has 0 spiro atoms. The van der Waals surface area contributed by atoms with Crippen molar-refractivity contribution in [3.63, 3.8) is 0 Å². The molecule has 15 heteroatoms. The van der Waals surface area contributed by atoms with Crippen molar-refractivity contribution in [3.8, 4) is 0 Å². The molecule has 0 fully saturated rings. The Morgan fingerprint density at radius 1 is 0.957 bits per heavy atom. The first kappa shape index (κ1) is 19.8. The van der Waals surface area contributed by atoms with Crippen molar-refractivity contribution in [2.75, 3.05) is 19.1 Å². The number of aliphatic hydroxyl groups is 1. The lowest BCUT2D eigenvalue weighted by Crippen LogP contribution is -2.42. The third-order valence-corrected chi connectivity index (χ3v) is 5.50. The fourth-order valence-corrected chi connectivity index (χ4v) is 2.91. The quantitative estimate of drug-likeness (QED) is 0.667. The highest BCUT2D eigenvalue weighted by atomic mass is 32.2. The number of β-amino-alcohol motifs (C(OH)–C–C–N with tert-alkyl or cyclic N) is 1.